The van der Waals surface area contributed by atoms with Crippen molar-refractivity contribution in [3.05, 3.63) is 29.8 Å². The van der Waals surface area contributed by atoms with E-state index in [2.05, 4.69) is 17.1 Å². The first-order chi connectivity index (χ1) is 12.5. The Balaban J connectivity index is 1.53. The van der Waals surface area contributed by atoms with Crippen molar-refractivity contribution in [1.82, 2.24) is 14.5 Å². The molecule has 0 radical (unpaired) electrons. The third-order valence-corrected chi connectivity index (χ3v) is 7.11. The first kappa shape index (κ1) is 19.3. The van der Waals surface area contributed by atoms with Crippen molar-refractivity contribution < 1.29 is 13.2 Å². The molecule has 3 rings (SSSR count). The molecule has 1 amide bonds. The molecular formula is C19H29N3O3S. The second-order valence-corrected chi connectivity index (χ2v) is 9.40. The van der Waals surface area contributed by atoms with E-state index in [9.17, 15) is 13.2 Å². The summed E-state index contributed by atoms with van der Waals surface area (Å²) >= 11 is 0. The Morgan fingerprint density at radius 1 is 1.04 bits per heavy atom. The SMILES string of the molecule is CC(CNC(=O)c1ccc(S(=O)(=O)N2CCCC2)cc1)CN1CCCC1. The molecule has 0 spiro atoms. The van der Waals surface area contributed by atoms with Gasteiger partial charge in [-0.15, -0.1) is 0 Å². The van der Waals surface area contributed by atoms with Crippen LogP contribution in [0.25, 0.3) is 0 Å². The van der Waals surface area contributed by atoms with Gasteiger partial charge >= 0.3 is 0 Å². The molecule has 2 fully saturated rings. The summed E-state index contributed by atoms with van der Waals surface area (Å²) in [7, 11) is -3.42. The number of carbonyl (C=O) groups excluding carboxylic acids is 1. The highest BCUT2D eigenvalue weighted by Gasteiger charge is 2.27. The molecule has 144 valence electrons. The van der Waals surface area contributed by atoms with Crippen molar-refractivity contribution in [3.8, 4) is 0 Å². The molecule has 1 aromatic rings. The number of hydrogen-bond donors (Lipinski definition) is 1. The predicted octanol–water partition coefficient (Wildman–Crippen LogP) is 1.93. The minimum absolute atomic E-state index is 0.150. The average molecular weight is 380 g/mol. The maximum atomic E-state index is 12.5. The Morgan fingerprint density at radius 2 is 1.62 bits per heavy atom. The maximum absolute atomic E-state index is 12.5. The van der Waals surface area contributed by atoms with Gasteiger partial charge in [0.05, 0.1) is 4.90 Å². The summed E-state index contributed by atoms with van der Waals surface area (Å²) < 4.78 is 26.5. The monoisotopic (exact) mass is 379 g/mol. The van der Waals surface area contributed by atoms with E-state index < -0.39 is 10.0 Å². The lowest BCUT2D eigenvalue weighted by Crippen LogP contribution is -2.34. The number of nitrogens with one attached hydrogen (secondary N) is 1. The number of sulfonamides is 1. The molecule has 0 bridgehead atoms. The highest BCUT2D eigenvalue weighted by atomic mass is 32.2. The van der Waals surface area contributed by atoms with Crippen molar-refractivity contribution in [1.29, 1.82) is 0 Å². The van der Waals surface area contributed by atoms with Crippen LogP contribution in [0.2, 0.25) is 0 Å². The van der Waals surface area contributed by atoms with Gasteiger partial charge in [0.15, 0.2) is 0 Å². The number of hydrogen-bond acceptors (Lipinski definition) is 4. The predicted molar refractivity (Wildman–Crippen MR) is 102 cm³/mol. The summed E-state index contributed by atoms with van der Waals surface area (Å²) in [5.41, 5.74) is 0.499. The van der Waals surface area contributed by atoms with Crippen molar-refractivity contribution in [3.63, 3.8) is 0 Å². The highest BCUT2D eigenvalue weighted by molar-refractivity contribution is 7.89. The Bertz CT molecular complexity index is 706. The van der Waals surface area contributed by atoms with Crippen molar-refractivity contribution >= 4 is 15.9 Å². The number of benzene rings is 1. The van der Waals surface area contributed by atoms with Gasteiger partial charge in [-0.1, -0.05) is 6.92 Å². The molecule has 2 heterocycles. The fraction of sp³-hybridized carbons (Fsp3) is 0.632. The molecular weight excluding hydrogens is 350 g/mol. The van der Waals surface area contributed by atoms with Crippen LogP contribution < -0.4 is 5.32 Å². The third kappa shape index (κ3) is 4.64. The lowest BCUT2D eigenvalue weighted by atomic mass is 10.1. The van der Waals surface area contributed by atoms with Crippen LogP contribution in [0.3, 0.4) is 0 Å². The van der Waals surface area contributed by atoms with Gasteiger partial charge in [-0.25, -0.2) is 8.42 Å². The number of carbonyl (C=O) groups is 1. The lowest BCUT2D eigenvalue weighted by molar-refractivity contribution is 0.0945. The quantitative estimate of drug-likeness (QED) is 0.786. The van der Waals surface area contributed by atoms with Crippen LogP contribution in [0.15, 0.2) is 29.2 Å². The minimum Gasteiger partial charge on any atom is -0.352 e. The minimum atomic E-state index is -3.42. The molecule has 1 N–H and O–H groups in total. The Morgan fingerprint density at radius 3 is 2.23 bits per heavy atom. The first-order valence-electron chi connectivity index (χ1n) is 9.57. The summed E-state index contributed by atoms with van der Waals surface area (Å²) in [6, 6.07) is 6.28. The maximum Gasteiger partial charge on any atom is 0.251 e. The molecule has 6 nitrogen and oxygen atoms in total. The van der Waals surface area contributed by atoms with Gasteiger partial charge < -0.3 is 10.2 Å². The van der Waals surface area contributed by atoms with Crippen LogP contribution in [0, 0.1) is 5.92 Å². The summed E-state index contributed by atoms with van der Waals surface area (Å²) in [5, 5.41) is 2.96. The Kier molecular flexibility index (Phi) is 6.32. The topological polar surface area (TPSA) is 69.7 Å². The standard InChI is InChI=1S/C19H29N3O3S/c1-16(15-21-10-2-3-11-21)14-20-19(23)17-6-8-18(9-7-17)26(24,25)22-12-4-5-13-22/h6-9,16H,2-5,10-15H2,1H3,(H,20,23). The fourth-order valence-corrected chi connectivity index (χ4v) is 5.21. The van der Waals surface area contributed by atoms with Crippen molar-refractivity contribution in [2.45, 2.75) is 37.5 Å². The summed E-state index contributed by atoms with van der Waals surface area (Å²) in [6.45, 7) is 7.26. The molecule has 26 heavy (non-hydrogen) atoms. The largest absolute Gasteiger partial charge is 0.352 e. The van der Waals surface area contributed by atoms with E-state index >= 15 is 0 Å². The van der Waals surface area contributed by atoms with Crippen LogP contribution in [-0.4, -0.2) is 62.8 Å². The molecule has 0 aliphatic carbocycles. The number of likely N-dealkylation sites (tertiary alicyclic amines) is 1. The van der Waals surface area contributed by atoms with Gasteiger partial charge in [-0.3, -0.25) is 4.79 Å². The van der Waals surface area contributed by atoms with Crippen LogP contribution in [0.5, 0.6) is 0 Å². The van der Waals surface area contributed by atoms with Crippen LogP contribution >= 0.6 is 0 Å². The van der Waals surface area contributed by atoms with E-state index in [1.54, 1.807) is 12.1 Å². The van der Waals surface area contributed by atoms with Gasteiger partial charge in [0.25, 0.3) is 5.91 Å². The van der Waals surface area contributed by atoms with E-state index in [0.717, 1.165) is 32.5 Å². The molecule has 1 aromatic carbocycles. The third-order valence-electron chi connectivity index (χ3n) is 5.20. The van der Waals surface area contributed by atoms with E-state index in [0.29, 0.717) is 31.1 Å². The second-order valence-electron chi connectivity index (χ2n) is 7.46. The molecule has 0 saturated carbocycles. The van der Waals surface area contributed by atoms with E-state index in [4.69, 9.17) is 0 Å². The molecule has 7 heteroatoms. The van der Waals surface area contributed by atoms with Crippen LogP contribution in [0.4, 0.5) is 0 Å². The summed E-state index contributed by atoms with van der Waals surface area (Å²) in [6.07, 6.45) is 4.36. The number of amides is 1. The molecule has 2 saturated heterocycles. The number of nitrogens with zero attached hydrogens (tertiary/aromatic N) is 2. The van der Waals surface area contributed by atoms with Gasteiger partial charge in [0, 0.05) is 31.7 Å². The molecule has 1 unspecified atom stereocenters. The average Bonchev–Trinajstić information content (AvgIpc) is 3.34. The summed E-state index contributed by atoms with van der Waals surface area (Å²) in [4.78, 5) is 15.0. The first-order valence-corrected chi connectivity index (χ1v) is 11.0. The zero-order chi connectivity index (χ0) is 18.6. The smallest absolute Gasteiger partial charge is 0.251 e. The zero-order valence-electron chi connectivity index (χ0n) is 15.5. The van der Waals surface area contributed by atoms with Crippen molar-refractivity contribution in [2.75, 3.05) is 39.3 Å². The van der Waals surface area contributed by atoms with Gasteiger partial charge in [0.1, 0.15) is 0 Å². The van der Waals surface area contributed by atoms with E-state index in [-0.39, 0.29) is 10.8 Å². The molecule has 0 aromatic heterocycles. The van der Waals surface area contributed by atoms with Gasteiger partial charge in [-0.05, 0) is 69.0 Å². The molecule has 1 atom stereocenters. The Labute approximate surface area is 156 Å². The fourth-order valence-electron chi connectivity index (χ4n) is 3.70. The summed E-state index contributed by atoms with van der Waals surface area (Å²) in [5.74, 6) is 0.246. The van der Waals surface area contributed by atoms with Crippen molar-refractivity contribution in [2.24, 2.45) is 5.92 Å². The van der Waals surface area contributed by atoms with Crippen LogP contribution in [-0.2, 0) is 10.0 Å². The molecule has 2 aliphatic rings. The van der Waals surface area contributed by atoms with Crippen LogP contribution in [0.1, 0.15) is 43.0 Å². The van der Waals surface area contributed by atoms with E-state index in [1.165, 1.54) is 29.3 Å². The normalized spacial score (nSPS) is 20.3. The molecule has 2 aliphatic heterocycles. The highest BCUT2D eigenvalue weighted by Crippen LogP contribution is 2.21. The second kappa shape index (κ2) is 8.50. The van der Waals surface area contributed by atoms with Gasteiger partial charge in [0.2, 0.25) is 10.0 Å². The Hall–Kier alpha value is -1.44. The van der Waals surface area contributed by atoms with Gasteiger partial charge in [-0.2, -0.15) is 4.31 Å². The lowest BCUT2D eigenvalue weighted by Gasteiger charge is -2.20. The van der Waals surface area contributed by atoms with E-state index in [1.807, 2.05) is 0 Å². The zero-order valence-corrected chi connectivity index (χ0v) is 16.3. The number of rotatable bonds is 7.